The van der Waals surface area contributed by atoms with E-state index in [4.69, 9.17) is 0 Å². The Kier molecular flexibility index (Phi) is 5.34. The monoisotopic (exact) mass is 320 g/mol. The maximum atomic E-state index is 4.46. The Bertz CT molecular complexity index is 511. The highest BCUT2D eigenvalue weighted by molar-refractivity contribution is 7.11. The van der Waals surface area contributed by atoms with E-state index in [0.29, 0.717) is 6.04 Å². The van der Waals surface area contributed by atoms with Gasteiger partial charge in [-0.25, -0.2) is 4.98 Å². The Labute approximate surface area is 137 Å². The molecule has 3 unspecified atom stereocenters. The lowest BCUT2D eigenvalue weighted by molar-refractivity contribution is 0.239. The van der Waals surface area contributed by atoms with Gasteiger partial charge in [0.25, 0.3) is 0 Å². The molecule has 2 fully saturated rings. The smallest absolute Gasteiger partial charge is 0.191 e. The lowest BCUT2D eigenvalue weighted by Crippen LogP contribution is -2.45. The Morgan fingerprint density at radius 1 is 1.32 bits per heavy atom. The average Bonchev–Trinajstić information content (AvgIpc) is 3.19. The first kappa shape index (κ1) is 15.8. The predicted octanol–water partition coefficient (Wildman–Crippen LogP) is 3.34. The van der Waals surface area contributed by atoms with E-state index in [9.17, 15) is 0 Å². The number of aromatic nitrogens is 1. The standard InChI is InChI=1S/C17H28N4S/c1-3-15-10-19-16(22-15)11-20-17(18-2)21-14-8-7-12-5-4-6-13(12)9-14/h10,12-14H,3-9,11H2,1-2H3,(H2,18,20,21). The molecular weight excluding hydrogens is 292 g/mol. The zero-order valence-electron chi connectivity index (χ0n) is 13.8. The van der Waals surface area contributed by atoms with Crippen LogP contribution in [0.5, 0.6) is 0 Å². The van der Waals surface area contributed by atoms with E-state index in [1.54, 1.807) is 11.3 Å². The predicted molar refractivity (Wildman–Crippen MR) is 93.3 cm³/mol. The molecule has 2 saturated carbocycles. The minimum Gasteiger partial charge on any atom is -0.354 e. The fourth-order valence-electron chi connectivity index (χ4n) is 3.97. The average molecular weight is 321 g/mol. The van der Waals surface area contributed by atoms with Crippen LogP contribution in [-0.4, -0.2) is 24.0 Å². The number of aryl methyl sites for hydroxylation is 1. The normalized spacial score (nSPS) is 28.5. The Balaban J connectivity index is 1.47. The molecule has 1 heterocycles. The summed E-state index contributed by atoms with van der Waals surface area (Å²) in [5.41, 5.74) is 0. The molecule has 2 N–H and O–H groups in total. The summed E-state index contributed by atoms with van der Waals surface area (Å²) in [6.07, 6.45) is 11.4. The highest BCUT2D eigenvalue weighted by atomic mass is 32.1. The second-order valence-electron chi connectivity index (χ2n) is 6.61. The minimum absolute atomic E-state index is 0.591. The molecule has 22 heavy (non-hydrogen) atoms. The van der Waals surface area contributed by atoms with Crippen molar-refractivity contribution in [2.75, 3.05) is 7.05 Å². The lowest BCUT2D eigenvalue weighted by atomic mass is 9.79. The van der Waals surface area contributed by atoms with Gasteiger partial charge in [-0.1, -0.05) is 26.2 Å². The van der Waals surface area contributed by atoms with Crippen LogP contribution >= 0.6 is 11.3 Å². The molecule has 1 aromatic heterocycles. The van der Waals surface area contributed by atoms with Gasteiger partial charge in [-0.05, 0) is 37.5 Å². The van der Waals surface area contributed by atoms with Crippen LogP contribution in [0, 0.1) is 11.8 Å². The first-order chi connectivity index (χ1) is 10.8. The van der Waals surface area contributed by atoms with Crippen molar-refractivity contribution in [3.63, 3.8) is 0 Å². The molecule has 0 amide bonds. The van der Waals surface area contributed by atoms with Crippen molar-refractivity contribution in [2.24, 2.45) is 16.8 Å². The molecule has 5 heteroatoms. The van der Waals surface area contributed by atoms with Crippen LogP contribution in [0.1, 0.15) is 55.3 Å². The Morgan fingerprint density at radius 2 is 2.18 bits per heavy atom. The molecule has 1 aromatic rings. The zero-order chi connectivity index (χ0) is 15.4. The molecule has 0 radical (unpaired) electrons. The fraction of sp³-hybridized carbons (Fsp3) is 0.765. The number of rotatable bonds is 4. The van der Waals surface area contributed by atoms with Crippen LogP contribution in [0.15, 0.2) is 11.2 Å². The third-order valence-electron chi connectivity index (χ3n) is 5.21. The highest BCUT2D eigenvalue weighted by Gasteiger charge is 2.33. The van der Waals surface area contributed by atoms with Crippen molar-refractivity contribution in [3.8, 4) is 0 Å². The molecule has 0 spiro atoms. The van der Waals surface area contributed by atoms with E-state index in [1.165, 1.54) is 43.4 Å². The number of hydrogen-bond donors (Lipinski definition) is 2. The van der Waals surface area contributed by atoms with Crippen LogP contribution in [0.3, 0.4) is 0 Å². The van der Waals surface area contributed by atoms with Gasteiger partial charge in [0.05, 0.1) is 6.54 Å². The van der Waals surface area contributed by atoms with Gasteiger partial charge in [-0.3, -0.25) is 4.99 Å². The first-order valence-corrected chi connectivity index (χ1v) is 9.51. The summed E-state index contributed by atoms with van der Waals surface area (Å²) in [7, 11) is 1.86. The van der Waals surface area contributed by atoms with E-state index in [2.05, 4.69) is 27.5 Å². The van der Waals surface area contributed by atoms with E-state index < -0.39 is 0 Å². The number of fused-ring (bicyclic) bond motifs is 1. The van der Waals surface area contributed by atoms with Gasteiger partial charge in [0.15, 0.2) is 5.96 Å². The SMILES string of the molecule is CCc1cnc(CNC(=NC)NC2CCC3CCCC3C2)s1. The van der Waals surface area contributed by atoms with Crippen molar-refractivity contribution >= 4 is 17.3 Å². The van der Waals surface area contributed by atoms with Crippen LogP contribution in [0.2, 0.25) is 0 Å². The maximum absolute atomic E-state index is 4.46. The van der Waals surface area contributed by atoms with Gasteiger partial charge in [0.2, 0.25) is 0 Å². The molecule has 0 aliphatic heterocycles. The molecule has 2 aliphatic carbocycles. The number of nitrogens with zero attached hydrogens (tertiary/aromatic N) is 2. The number of guanidine groups is 1. The maximum Gasteiger partial charge on any atom is 0.191 e. The third-order valence-corrected chi connectivity index (χ3v) is 6.35. The summed E-state index contributed by atoms with van der Waals surface area (Å²) in [4.78, 5) is 10.2. The van der Waals surface area contributed by atoms with Crippen LogP contribution in [0.25, 0.3) is 0 Å². The molecule has 0 bridgehead atoms. The second kappa shape index (κ2) is 7.44. The molecule has 0 aromatic carbocycles. The summed E-state index contributed by atoms with van der Waals surface area (Å²) in [6, 6.07) is 0.591. The zero-order valence-corrected chi connectivity index (χ0v) is 14.6. The molecule has 2 aliphatic rings. The Morgan fingerprint density at radius 3 is 2.95 bits per heavy atom. The lowest BCUT2D eigenvalue weighted by Gasteiger charge is -2.33. The van der Waals surface area contributed by atoms with Gasteiger partial charge in [-0.2, -0.15) is 0 Å². The molecule has 122 valence electrons. The first-order valence-electron chi connectivity index (χ1n) is 8.69. The third kappa shape index (κ3) is 3.80. The summed E-state index contributed by atoms with van der Waals surface area (Å²) < 4.78 is 0. The molecule has 0 saturated heterocycles. The van der Waals surface area contributed by atoms with Crippen LogP contribution < -0.4 is 10.6 Å². The number of thiazole rings is 1. The molecule has 3 rings (SSSR count). The van der Waals surface area contributed by atoms with E-state index in [1.807, 2.05) is 13.2 Å². The van der Waals surface area contributed by atoms with Crippen molar-refractivity contribution < 1.29 is 0 Å². The minimum atomic E-state index is 0.591. The number of aliphatic imine (C=N–C) groups is 1. The molecular formula is C17H28N4S. The topological polar surface area (TPSA) is 49.3 Å². The van der Waals surface area contributed by atoms with Crippen molar-refractivity contribution in [1.29, 1.82) is 0 Å². The fourth-order valence-corrected chi connectivity index (χ4v) is 4.78. The van der Waals surface area contributed by atoms with E-state index >= 15 is 0 Å². The largest absolute Gasteiger partial charge is 0.354 e. The van der Waals surface area contributed by atoms with Crippen molar-refractivity contribution in [1.82, 2.24) is 15.6 Å². The Hall–Kier alpha value is -1.10. The summed E-state index contributed by atoms with van der Waals surface area (Å²) >= 11 is 1.79. The van der Waals surface area contributed by atoms with E-state index in [0.717, 1.165) is 35.8 Å². The van der Waals surface area contributed by atoms with Gasteiger partial charge in [0.1, 0.15) is 5.01 Å². The van der Waals surface area contributed by atoms with Gasteiger partial charge >= 0.3 is 0 Å². The highest BCUT2D eigenvalue weighted by Crippen LogP contribution is 2.41. The van der Waals surface area contributed by atoms with Gasteiger partial charge < -0.3 is 10.6 Å². The van der Waals surface area contributed by atoms with E-state index in [-0.39, 0.29) is 0 Å². The molecule has 3 atom stereocenters. The summed E-state index contributed by atoms with van der Waals surface area (Å²) in [6.45, 7) is 2.94. The summed E-state index contributed by atoms with van der Waals surface area (Å²) in [5.74, 6) is 2.89. The number of nitrogens with one attached hydrogen (secondary N) is 2. The van der Waals surface area contributed by atoms with Crippen molar-refractivity contribution in [3.05, 3.63) is 16.1 Å². The number of hydrogen-bond acceptors (Lipinski definition) is 3. The van der Waals surface area contributed by atoms with Gasteiger partial charge in [-0.15, -0.1) is 11.3 Å². The quantitative estimate of drug-likeness (QED) is 0.661. The van der Waals surface area contributed by atoms with Crippen molar-refractivity contribution in [2.45, 2.75) is 64.5 Å². The summed E-state index contributed by atoms with van der Waals surface area (Å²) in [5, 5.41) is 8.18. The molecule has 4 nitrogen and oxygen atoms in total. The van der Waals surface area contributed by atoms with Gasteiger partial charge in [0, 0.05) is 24.2 Å². The second-order valence-corrected chi connectivity index (χ2v) is 7.80. The van der Waals surface area contributed by atoms with Crippen LogP contribution in [-0.2, 0) is 13.0 Å². The van der Waals surface area contributed by atoms with Crippen LogP contribution in [0.4, 0.5) is 0 Å².